The van der Waals surface area contributed by atoms with Crippen LogP contribution in [-0.4, -0.2) is 65.0 Å². The lowest BCUT2D eigenvalue weighted by Crippen LogP contribution is -2.51. The normalized spacial score (nSPS) is 17.6. The summed E-state index contributed by atoms with van der Waals surface area (Å²) in [5.41, 5.74) is 1.59. The smallest absolute Gasteiger partial charge is 0.240 e. The Bertz CT molecular complexity index is 516. The molecule has 0 aliphatic carbocycles. The van der Waals surface area contributed by atoms with Crippen LogP contribution in [0.2, 0.25) is 0 Å². The van der Waals surface area contributed by atoms with Gasteiger partial charge in [-0.25, -0.2) is 0 Å². The molecule has 1 aliphatic rings. The van der Waals surface area contributed by atoms with Crippen molar-refractivity contribution in [2.75, 3.05) is 32.5 Å². The first kappa shape index (κ1) is 17.8. The largest absolute Gasteiger partial charge is 0.341 e. The summed E-state index contributed by atoms with van der Waals surface area (Å²) in [6.45, 7) is 5.38. The van der Waals surface area contributed by atoms with Crippen molar-refractivity contribution in [1.29, 1.82) is 0 Å². The SMILES string of the molecule is CC(C)[C@@H](C(=O)N1CCC(C(=O)Nc2nncs2)CC1)N(C)C. The molecule has 0 unspecified atom stereocenters. The second-order valence-electron chi connectivity index (χ2n) is 6.49. The predicted octanol–water partition coefficient (Wildman–Crippen LogP) is 1.30. The lowest BCUT2D eigenvalue weighted by atomic mass is 9.94. The summed E-state index contributed by atoms with van der Waals surface area (Å²) in [5.74, 6) is 0.325. The molecule has 2 amide bonds. The van der Waals surface area contributed by atoms with Crippen LogP contribution in [0.15, 0.2) is 5.51 Å². The molecule has 0 aromatic carbocycles. The highest BCUT2D eigenvalue weighted by atomic mass is 32.1. The number of hydrogen-bond donors (Lipinski definition) is 1. The van der Waals surface area contributed by atoms with Crippen molar-refractivity contribution in [3.05, 3.63) is 5.51 Å². The van der Waals surface area contributed by atoms with E-state index >= 15 is 0 Å². The van der Waals surface area contributed by atoms with Crippen LogP contribution in [-0.2, 0) is 9.59 Å². The van der Waals surface area contributed by atoms with Crippen LogP contribution in [0.4, 0.5) is 5.13 Å². The number of anilines is 1. The second-order valence-corrected chi connectivity index (χ2v) is 7.32. The zero-order chi connectivity index (χ0) is 17.0. The average Bonchev–Trinajstić information content (AvgIpc) is 2.99. The molecule has 0 radical (unpaired) electrons. The van der Waals surface area contributed by atoms with Crippen molar-refractivity contribution in [2.45, 2.75) is 32.7 Å². The number of amides is 2. The summed E-state index contributed by atoms with van der Waals surface area (Å²) >= 11 is 1.31. The molecule has 1 aromatic heterocycles. The molecule has 7 nitrogen and oxygen atoms in total. The Balaban J connectivity index is 1.87. The van der Waals surface area contributed by atoms with Crippen molar-refractivity contribution in [3.63, 3.8) is 0 Å². The lowest BCUT2D eigenvalue weighted by Gasteiger charge is -2.36. The van der Waals surface area contributed by atoms with E-state index in [2.05, 4.69) is 29.4 Å². The summed E-state index contributed by atoms with van der Waals surface area (Å²) < 4.78 is 0. The molecule has 23 heavy (non-hydrogen) atoms. The molecular formula is C15H25N5O2S. The minimum Gasteiger partial charge on any atom is -0.341 e. The molecule has 1 aliphatic heterocycles. The van der Waals surface area contributed by atoms with Crippen LogP contribution in [0.1, 0.15) is 26.7 Å². The summed E-state index contributed by atoms with van der Waals surface area (Å²) in [6, 6.07) is -0.109. The number of piperidine rings is 1. The molecule has 1 fully saturated rings. The fourth-order valence-corrected chi connectivity index (χ4v) is 3.53. The molecule has 1 saturated heterocycles. The van der Waals surface area contributed by atoms with E-state index in [1.807, 2.05) is 23.9 Å². The molecule has 2 heterocycles. The maximum Gasteiger partial charge on any atom is 0.240 e. The van der Waals surface area contributed by atoms with Crippen LogP contribution in [0, 0.1) is 11.8 Å². The van der Waals surface area contributed by atoms with Gasteiger partial charge >= 0.3 is 0 Å². The summed E-state index contributed by atoms with van der Waals surface area (Å²) in [5, 5.41) is 10.8. The molecule has 0 bridgehead atoms. The third-order valence-electron chi connectivity index (χ3n) is 4.21. The fraction of sp³-hybridized carbons (Fsp3) is 0.733. The van der Waals surface area contributed by atoms with E-state index in [1.165, 1.54) is 11.3 Å². The Kier molecular flexibility index (Phi) is 6.06. The molecule has 0 spiro atoms. The summed E-state index contributed by atoms with van der Waals surface area (Å²) in [4.78, 5) is 28.8. The average molecular weight is 339 g/mol. The maximum absolute atomic E-state index is 12.7. The molecule has 128 valence electrons. The Labute approximate surface area is 141 Å². The van der Waals surface area contributed by atoms with E-state index in [0.29, 0.717) is 31.1 Å². The van der Waals surface area contributed by atoms with Gasteiger partial charge in [0.15, 0.2) is 0 Å². The van der Waals surface area contributed by atoms with E-state index in [4.69, 9.17) is 0 Å². The van der Waals surface area contributed by atoms with Crippen molar-refractivity contribution in [2.24, 2.45) is 11.8 Å². The van der Waals surface area contributed by atoms with Gasteiger partial charge in [0, 0.05) is 19.0 Å². The third-order valence-corrected chi connectivity index (χ3v) is 4.82. The minimum atomic E-state index is -0.109. The number of likely N-dealkylation sites (tertiary alicyclic amines) is 1. The van der Waals surface area contributed by atoms with E-state index in [0.717, 1.165) is 0 Å². The van der Waals surface area contributed by atoms with E-state index in [-0.39, 0.29) is 29.7 Å². The zero-order valence-corrected chi connectivity index (χ0v) is 15.0. The Morgan fingerprint density at radius 1 is 1.35 bits per heavy atom. The number of nitrogens with zero attached hydrogens (tertiary/aromatic N) is 4. The van der Waals surface area contributed by atoms with Crippen LogP contribution in [0.3, 0.4) is 0 Å². The second kappa shape index (κ2) is 7.83. The molecule has 0 saturated carbocycles. The van der Waals surface area contributed by atoms with Crippen LogP contribution < -0.4 is 5.32 Å². The van der Waals surface area contributed by atoms with Gasteiger partial charge in [0.25, 0.3) is 0 Å². The van der Waals surface area contributed by atoms with Gasteiger partial charge in [-0.2, -0.15) is 0 Å². The molecule has 1 N–H and O–H groups in total. The summed E-state index contributed by atoms with van der Waals surface area (Å²) in [7, 11) is 3.87. The van der Waals surface area contributed by atoms with Crippen molar-refractivity contribution < 1.29 is 9.59 Å². The van der Waals surface area contributed by atoms with E-state index in [9.17, 15) is 9.59 Å². The van der Waals surface area contributed by atoms with Gasteiger partial charge < -0.3 is 10.2 Å². The molecule has 1 aromatic rings. The van der Waals surface area contributed by atoms with Crippen LogP contribution >= 0.6 is 11.3 Å². The van der Waals surface area contributed by atoms with Gasteiger partial charge in [0.1, 0.15) is 5.51 Å². The topological polar surface area (TPSA) is 78.4 Å². The van der Waals surface area contributed by atoms with E-state index in [1.54, 1.807) is 5.51 Å². The number of nitrogens with one attached hydrogen (secondary N) is 1. The quantitative estimate of drug-likeness (QED) is 0.875. The van der Waals surface area contributed by atoms with Gasteiger partial charge in [0.05, 0.1) is 6.04 Å². The number of carbonyl (C=O) groups excluding carboxylic acids is 2. The van der Waals surface area contributed by atoms with Crippen molar-refractivity contribution in [3.8, 4) is 0 Å². The van der Waals surface area contributed by atoms with Gasteiger partial charge in [-0.15, -0.1) is 10.2 Å². The van der Waals surface area contributed by atoms with E-state index < -0.39 is 0 Å². The summed E-state index contributed by atoms with van der Waals surface area (Å²) in [6.07, 6.45) is 1.38. The zero-order valence-electron chi connectivity index (χ0n) is 14.2. The molecule has 2 rings (SSSR count). The van der Waals surface area contributed by atoms with Crippen molar-refractivity contribution in [1.82, 2.24) is 20.0 Å². The standard InChI is InChI=1S/C15H25N5O2S/c1-10(2)12(19(3)4)14(22)20-7-5-11(6-8-20)13(21)17-15-18-16-9-23-15/h9-12H,5-8H2,1-4H3,(H,17,18,21)/t12-/m0/s1. The van der Waals surface area contributed by atoms with Gasteiger partial charge in [-0.1, -0.05) is 25.2 Å². The van der Waals surface area contributed by atoms with Gasteiger partial charge in [-0.3, -0.25) is 14.5 Å². The first-order chi connectivity index (χ1) is 10.9. The number of rotatable bonds is 5. The number of carbonyl (C=O) groups is 2. The van der Waals surface area contributed by atoms with Crippen LogP contribution in [0.25, 0.3) is 0 Å². The maximum atomic E-state index is 12.7. The highest BCUT2D eigenvalue weighted by molar-refractivity contribution is 7.13. The highest BCUT2D eigenvalue weighted by Crippen LogP contribution is 2.22. The Morgan fingerprint density at radius 3 is 2.48 bits per heavy atom. The monoisotopic (exact) mass is 339 g/mol. The Morgan fingerprint density at radius 2 is 2.00 bits per heavy atom. The number of hydrogen-bond acceptors (Lipinski definition) is 6. The minimum absolute atomic E-state index is 0.0260. The van der Waals surface area contributed by atoms with Crippen LogP contribution in [0.5, 0.6) is 0 Å². The van der Waals surface area contributed by atoms with Gasteiger partial charge in [-0.05, 0) is 32.9 Å². The first-order valence-corrected chi connectivity index (χ1v) is 8.80. The number of likely N-dealkylation sites (N-methyl/N-ethyl adjacent to an activating group) is 1. The molecule has 8 heteroatoms. The third kappa shape index (κ3) is 4.48. The predicted molar refractivity (Wildman–Crippen MR) is 90.2 cm³/mol. The van der Waals surface area contributed by atoms with Gasteiger partial charge in [0.2, 0.25) is 16.9 Å². The first-order valence-electron chi connectivity index (χ1n) is 7.92. The molecule has 1 atom stereocenters. The molecular weight excluding hydrogens is 314 g/mol. The lowest BCUT2D eigenvalue weighted by molar-refractivity contribution is -0.140. The highest BCUT2D eigenvalue weighted by Gasteiger charge is 2.33. The number of aromatic nitrogens is 2. The Hall–Kier alpha value is -1.54. The van der Waals surface area contributed by atoms with Crippen molar-refractivity contribution >= 4 is 28.3 Å². The fourth-order valence-electron chi connectivity index (χ4n) is 3.09.